The first kappa shape index (κ1) is 13.1. The molecule has 0 aliphatic heterocycles. The lowest BCUT2D eigenvalue weighted by atomic mass is 9.85. The van der Waals surface area contributed by atoms with Gasteiger partial charge >= 0.3 is 0 Å². The van der Waals surface area contributed by atoms with Crippen LogP contribution in [0.4, 0.5) is 0 Å². The van der Waals surface area contributed by atoms with E-state index in [1.54, 1.807) is 0 Å². The molecule has 0 amide bonds. The number of hydrogen-bond donors (Lipinski definition) is 1. The van der Waals surface area contributed by atoms with E-state index in [-0.39, 0.29) is 0 Å². The van der Waals surface area contributed by atoms with E-state index in [0.717, 1.165) is 37.6 Å². The molecule has 0 aromatic carbocycles. The summed E-state index contributed by atoms with van der Waals surface area (Å²) in [5, 5.41) is 3.56. The van der Waals surface area contributed by atoms with Gasteiger partial charge in [0.05, 0.1) is 6.61 Å². The molecule has 0 aromatic heterocycles. The Balaban J connectivity index is 1.53. The van der Waals surface area contributed by atoms with Crippen LogP contribution >= 0.6 is 0 Å². The van der Waals surface area contributed by atoms with Gasteiger partial charge < -0.3 is 10.1 Å². The fraction of sp³-hybridized carbons (Fsp3) is 0.867. The summed E-state index contributed by atoms with van der Waals surface area (Å²) in [4.78, 5) is 0. The topological polar surface area (TPSA) is 21.3 Å². The molecule has 17 heavy (non-hydrogen) atoms. The molecule has 0 radical (unpaired) electrons. The third kappa shape index (κ3) is 4.81. The van der Waals surface area contributed by atoms with Crippen LogP contribution in [-0.2, 0) is 4.74 Å². The van der Waals surface area contributed by atoms with Gasteiger partial charge in [0.15, 0.2) is 0 Å². The summed E-state index contributed by atoms with van der Waals surface area (Å²) in [7, 11) is 0. The molecule has 0 spiro atoms. The molecule has 0 heterocycles. The molecule has 2 heteroatoms. The van der Waals surface area contributed by atoms with Gasteiger partial charge in [-0.05, 0) is 43.4 Å². The molecule has 0 saturated heterocycles. The second-order valence-corrected chi connectivity index (χ2v) is 6.01. The summed E-state index contributed by atoms with van der Waals surface area (Å²) < 4.78 is 5.88. The fourth-order valence-corrected chi connectivity index (χ4v) is 2.37. The zero-order chi connectivity index (χ0) is 12.1. The van der Waals surface area contributed by atoms with Crippen molar-refractivity contribution in [3.8, 4) is 0 Å². The molecule has 2 rings (SSSR count). The third-order valence-corrected chi connectivity index (χ3v) is 3.98. The van der Waals surface area contributed by atoms with E-state index in [4.69, 9.17) is 4.74 Å². The molecule has 3 unspecified atom stereocenters. The van der Waals surface area contributed by atoms with E-state index in [1.807, 2.05) is 0 Å². The summed E-state index contributed by atoms with van der Waals surface area (Å²) >= 11 is 0. The Labute approximate surface area is 106 Å². The van der Waals surface area contributed by atoms with E-state index >= 15 is 0 Å². The lowest BCUT2D eigenvalue weighted by Crippen LogP contribution is -2.27. The minimum atomic E-state index is 0.644. The van der Waals surface area contributed by atoms with Gasteiger partial charge in [0.1, 0.15) is 0 Å². The average molecular weight is 237 g/mol. The summed E-state index contributed by atoms with van der Waals surface area (Å²) in [5.41, 5.74) is 0. The van der Waals surface area contributed by atoms with Gasteiger partial charge in [0.25, 0.3) is 0 Å². The number of ether oxygens (including phenoxy) is 1. The second kappa shape index (κ2) is 6.55. The largest absolute Gasteiger partial charge is 0.381 e. The number of hydrogen-bond acceptors (Lipinski definition) is 2. The minimum Gasteiger partial charge on any atom is -0.381 e. The van der Waals surface area contributed by atoms with Crippen LogP contribution in [0, 0.1) is 17.8 Å². The lowest BCUT2D eigenvalue weighted by Gasteiger charge is -2.25. The van der Waals surface area contributed by atoms with Crippen LogP contribution in [-0.4, -0.2) is 25.8 Å². The van der Waals surface area contributed by atoms with Crippen LogP contribution in [0.5, 0.6) is 0 Å². The Morgan fingerprint density at radius 2 is 2.06 bits per heavy atom. The van der Waals surface area contributed by atoms with Crippen molar-refractivity contribution in [2.45, 2.75) is 45.6 Å². The van der Waals surface area contributed by atoms with E-state index in [1.165, 1.54) is 25.7 Å². The summed E-state index contributed by atoms with van der Waals surface area (Å²) in [6.07, 6.45) is 9.80. The monoisotopic (exact) mass is 237 g/mol. The first-order valence-electron chi connectivity index (χ1n) is 7.22. The minimum absolute atomic E-state index is 0.644. The molecule has 2 aliphatic carbocycles. The van der Waals surface area contributed by atoms with Crippen LogP contribution < -0.4 is 5.32 Å². The molecular weight excluding hydrogens is 210 g/mol. The van der Waals surface area contributed by atoms with Crippen LogP contribution in [0.2, 0.25) is 0 Å². The van der Waals surface area contributed by atoms with Crippen LogP contribution in [0.25, 0.3) is 0 Å². The second-order valence-electron chi connectivity index (χ2n) is 6.01. The molecule has 3 atom stereocenters. The summed E-state index contributed by atoms with van der Waals surface area (Å²) in [5.74, 6) is 2.17. The molecule has 98 valence electrons. The highest BCUT2D eigenvalue weighted by Crippen LogP contribution is 2.25. The van der Waals surface area contributed by atoms with Gasteiger partial charge in [-0.3, -0.25) is 0 Å². The maximum atomic E-state index is 5.88. The highest BCUT2D eigenvalue weighted by molar-refractivity contribution is 4.93. The first-order chi connectivity index (χ1) is 8.25. The molecule has 1 saturated carbocycles. The maximum Gasteiger partial charge on any atom is 0.0503 e. The third-order valence-electron chi connectivity index (χ3n) is 3.98. The Morgan fingerprint density at radius 1 is 1.29 bits per heavy atom. The summed E-state index contributed by atoms with van der Waals surface area (Å²) in [6, 6.07) is 0.820. The maximum absolute atomic E-state index is 5.88. The van der Waals surface area contributed by atoms with Crippen LogP contribution in [0.1, 0.15) is 39.5 Å². The van der Waals surface area contributed by atoms with E-state index in [9.17, 15) is 0 Å². The van der Waals surface area contributed by atoms with E-state index in [2.05, 4.69) is 31.3 Å². The van der Waals surface area contributed by atoms with Crippen molar-refractivity contribution < 1.29 is 4.74 Å². The van der Waals surface area contributed by atoms with Gasteiger partial charge in [0.2, 0.25) is 0 Å². The molecule has 0 bridgehead atoms. The number of allylic oxidation sites excluding steroid dienone is 2. The average Bonchev–Trinajstić information content (AvgIpc) is 3.13. The van der Waals surface area contributed by atoms with Gasteiger partial charge in [-0.15, -0.1) is 0 Å². The standard InChI is InChI=1S/C15H27NO/c1-12(9-16-15-7-8-15)10-17-11-14-6-4-3-5-13(14)2/h3-4,12-16H,5-11H2,1-2H3. The molecule has 2 nitrogen and oxygen atoms in total. The van der Waals surface area contributed by atoms with Crippen molar-refractivity contribution in [2.75, 3.05) is 19.8 Å². The predicted molar refractivity (Wildman–Crippen MR) is 72.0 cm³/mol. The van der Waals surface area contributed by atoms with E-state index < -0.39 is 0 Å². The predicted octanol–water partition coefficient (Wildman–Crippen LogP) is 2.99. The van der Waals surface area contributed by atoms with Crippen molar-refractivity contribution in [3.63, 3.8) is 0 Å². The highest BCUT2D eigenvalue weighted by atomic mass is 16.5. The molecule has 0 aromatic rings. The first-order valence-corrected chi connectivity index (χ1v) is 7.22. The molecule has 2 aliphatic rings. The van der Waals surface area contributed by atoms with Crippen LogP contribution in [0.3, 0.4) is 0 Å². The Morgan fingerprint density at radius 3 is 2.76 bits per heavy atom. The van der Waals surface area contributed by atoms with Crippen molar-refractivity contribution in [1.82, 2.24) is 5.32 Å². The normalized spacial score (nSPS) is 30.5. The Hall–Kier alpha value is -0.340. The van der Waals surface area contributed by atoms with Gasteiger partial charge in [-0.2, -0.15) is 0 Å². The van der Waals surface area contributed by atoms with Crippen molar-refractivity contribution in [1.29, 1.82) is 0 Å². The van der Waals surface area contributed by atoms with Gasteiger partial charge in [0, 0.05) is 19.2 Å². The zero-order valence-corrected chi connectivity index (χ0v) is 11.3. The quantitative estimate of drug-likeness (QED) is 0.687. The molecule has 1 N–H and O–H groups in total. The molecule has 1 fully saturated rings. The Bertz CT molecular complexity index is 247. The van der Waals surface area contributed by atoms with Gasteiger partial charge in [-0.1, -0.05) is 26.0 Å². The zero-order valence-electron chi connectivity index (χ0n) is 11.3. The SMILES string of the molecule is CC(CNC1CC1)COCC1CC=CCC1C. The highest BCUT2D eigenvalue weighted by Gasteiger charge is 2.21. The van der Waals surface area contributed by atoms with Gasteiger partial charge in [-0.25, -0.2) is 0 Å². The van der Waals surface area contributed by atoms with Crippen molar-refractivity contribution in [2.24, 2.45) is 17.8 Å². The smallest absolute Gasteiger partial charge is 0.0503 e. The number of nitrogens with one attached hydrogen (secondary N) is 1. The number of rotatable bonds is 7. The lowest BCUT2D eigenvalue weighted by molar-refractivity contribution is 0.0587. The summed E-state index contributed by atoms with van der Waals surface area (Å²) in [6.45, 7) is 7.59. The molecular formula is C15H27NO. The fourth-order valence-electron chi connectivity index (χ4n) is 2.37. The Kier molecular flexibility index (Phi) is 5.05. The van der Waals surface area contributed by atoms with Crippen molar-refractivity contribution in [3.05, 3.63) is 12.2 Å². The van der Waals surface area contributed by atoms with E-state index in [0.29, 0.717) is 5.92 Å². The van der Waals surface area contributed by atoms with Crippen molar-refractivity contribution >= 4 is 0 Å². The van der Waals surface area contributed by atoms with Crippen LogP contribution in [0.15, 0.2) is 12.2 Å².